The van der Waals surface area contributed by atoms with E-state index >= 15 is 0 Å². The highest BCUT2D eigenvalue weighted by Crippen LogP contribution is 2.44. The van der Waals surface area contributed by atoms with Crippen molar-refractivity contribution in [3.05, 3.63) is 75.9 Å². The molecule has 0 saturated heterocycles. The summed E-state index contributed by atoms with van der Waals surface area (Å²) in [5, 5.41) is 0. The molecule has 1 fully saturated rings. The molecular formula is C25H28. The smallest absolute Gasteiger partial charge is 0.00141 e. The van der Waals surface area contributed by atoms with Crippen molar-refractivity contribution in [3.8, 4) is 0 Å². The molecule has 0 nitrogen and oxygen atoms in total. The molecule has 1 saturated carbocycles. The molecule has 5 rings (SSSR count). The van der Waals surface area contributed by atoms with Crippen molar-refractivity contribution >= 4 is 5.57 Å². The van der Waals surface area contributed by atoms with Crippen molar-refractivity contribution in [2.24, 2.45) is 5.92 Å². The molecule has 0 heteroatoms. The van der Waals surface area contributed by atoms with Crippen LogP contribution in [0.2, 0.25) is 0 Å². The minimum atomic E-state index is 0.759. The van der Waals surface area contributed by atoms with Gasteiger partial charge in [-0.05, 0) is 91.6 Å². The van der Waals surface area contributed by atoms with Gasteiger partial charge >= 0.3 is 0 Å². The molecule has 0 heterocycles. The van der Waals surface area contributed by atoms with E-state index < -0.39 is 0 Å². The van der Waals surface area contributed by atoms with Gasteiger partial charge in [-0.1, -0.05) is 60.1 Å². The van der Waals surface area contributed by atoms with Crippen molar-refractivity contribution in [3.63, 3.8) is 0 Å². The number of hydrogen-bond acceptors (Lipinski definition) is 0. The van der Waals surface area contributed by atoms with Gasteiger partial charge in [0.25, 0.3) is 0 Å². The third-order valence-electron chi connectivity index (χ3n) is 6.75. The second-order valence-electron chi connectivity index (χ2n) is 8.21. The molecule has 0 aliphatic heterocycles. The van der Waals surface area contributed by atoms with Crippen molar-refractivity contribution in [2.45, 2.75) is 64.2 Å². The maximum Gasteiger partial charge on any atom is -0.00141 e. The van der Waals surface area contributed by atoms with Crippen molar-refractivity contribution < 1.29 is 0 Å². The molecule has 0 aromatic heterocycles. The lowest BCUT2D eigenvalue weighted by Crippen LogP contribution is -2.07. The Kier molecular flexibility index (Phi) is 4.00. The zero-order valence-electron chi connectivity index (χ0n) is 15.2. The summed E-state index contributed by atoms with van der Waals surface area (Å²) < 4.78 is 0. The molecule has 0 bridgehead atoms. The second kappa shape index (κ2) is 6.48. The summed E-state index contributed by atoms with van der Waals surface area (Å²) in [6, 6.07) is 9.20. The maximum atomic E-state index is 2.51. The number of allylic oxidation sites excluding steroid dienone is 8. The van der Waals surface area contributed by atoms with E-state index in [-0.39, 0.29) is 0 Å². The zero-order valence-corrected chi connectivity index (χ0v) is 15.2. The Hall–Kier alpha value is -1.82. The molecule has 1 unspecified atom stereocenters. The summed E-state index contributed by atoms with van der Waals surface area (Å²) >= 11 is 0. The second-order valence-corrected chi connectivity index (χ2v) is 8.21. The minimum Gasteiger partial charge on any atom is -0.0770 e. The van der Waals surface area contributed by atoms with E-state index in [4.69, 9.17) is 0 Å². The number of rotatable bonds is 3. The lowest BCUT2D eigenvalue weighted by Gasteiger charge is -2.22. The minimum absolute atomic E-state index is 0.759. The van der Waals surface area contributed by atoms with Gasteiger partial charge < -0.3 is 0 Å². The first-order chi connectivity index (χ1) is 12.4. The van der Waals surface area contributed by atoms with E-state index in [0.29, 0.717) is 0 Å². The Balaban J connectivity index is 1.48. The summed E-state index contributed by atoms with van der Waals surface area (Å²) in [5.74, 6) is 0.759. The fraction of sp³-hybridized carbons (Fsp3) is 0.440. The Morgan fingerprint density at radius 1 is 0.920 bits per heavy atom. The fourth-order valence-electron chi connectivity index (χ4n) is 5.44. The summed E-state index contributed by atoms with van der Waals surface area (Å²) in [7, 11) is 0. The molecule has 1 atom stereocenters. The van der Waals surface area contributed by atoms with Gasteiger partial charge in [-0.15, -0.1) is 0 Å². The topological polar surface area (TPSA) is 0 Å². The van der Waals surface area contributed by atoms with Crippen LogP contribution in [-0.4, -0.2) is 0 Å². The SMILES string of the molecule is C1=CC2CCCCC2=C1Cc1ccccc1C1=CCC2=C1CCCC2. The molecule has 0 amide bonds. The number of hydrogen-bond donors (Lipinski definition) is 0. The third kappa shape index (κ3) is 2.76. The molecule has 1 aromatic rings. The van der Waals surface area contributed by atoms with Gasteiger partial charge in [0.05, 0.1) is 0 Å². The molecule has 4 aliphatic rings. The lowest BCUT2D eigenvalue weighted by atomic mass is 9.83. The molecule has 0 spiro atoms. The first kappa shape index (κ1) is 15.4. The van der Waals surface area contributed by atoms with Crippen LogP contribution in [0.25, 0.3) is 5.57 Å². The Morgan fingerprint density at radius 3 is 2.80 bits per heavy atom. The Labute approximate surface area is 152 Å². The average Bonchev–Trinajstić information content (AvgIpc) is 3.27. The molecule has 25 heavy (non-hydrogen) atoms. The fourth-order valence-corrected chi connectivity index (χ4v) is 5.44. The van der Waals surface area contributed by atoms with Gasteiger partial charge in [0, 0.05) is 0 Å². The highest BCUT2D eigenvalue weighted by atomic mass is 14.3. The monoisotopic (exact) mass is 328 g/mol. The van der Waals surface area contributed by atoms with Crippen LogP contribution in [0.1, 0.15) is 68.9 Å². The van der Waals surface area contributed by atoms with E-state index in [1.807, 2.05) is 0 Å². The van der Waals surface area contributed by atoms with E-state index in [9.17, 15) is 0 Å². The van der Waals surface area contributed by atoms with Gasteiger partial charge in [-0.25, -0.2) is 0 Å². The van der Waals surface area contributed by atoms with Gasteiger partial charge in [0.1, 0.15) is 0 Å². The van der Waals surface area contributed by atoms with E-state index in [1.54, 1.807) is 27.9 Å². The largest absolute Gasteiger partial charge is 0.0770 e. The van der Waals surface area contributed by atoms with Gasteiger partial charge in [0.15, 0.2) is 0 Å². The first-order valence-corrected chi connectivity index (χ1v) is 10.3. The number of fused-ring (bicyclic) bond motifs is 1. The van der Waals surface area contributed by atoms with Crippen LogP contribution in [0, 0.1) is 5.92 Å². The van der Waals surface area contributed by atoms with Gasteiger partial charge in [-0.3, -0.25) is 0 Å². The molecule has 4 aliphatic carbocycles. The first-order valence-electron chi connectivity index (χ1n) is 10.3. The van der Waals surface area contributed by atoms with Gasteiger partial charge in [-0.2, -0.15) is 0 Å². The van der Waals surface area contributed by atoms with Crippen LogP contribution in [-0.2, 0) is 6.42 Å². The van der Waals surface area contributed by atoms with Crippen LogP contribution >= 0.6 is 0 Å². The molecule has 0 radical (unpaired) electrons. The maximum absolute atomic E-state index is 2.51. The van der Waals surface area contributed by atoms with Crippen molar-refractivity contribution in [1.82, 2.24) is 0 Å². The number of benzene rings is 1. The zero-order chi connectivity index (χ0) is 16.6. The Bertz CT molecular complexity index is 812. The summed E-state index contributed by atoms with van der Waals surface area (Å²) in [6.07, 6.45) is 20.6. The van der Waals surface area contributed by atoms with Crippen LogP contribution < -0.4 is 0 Å². The Morgan fingerprint density at radius 2 is 1.80 bits per heavy atom. The summed E-state index contributed by atoms with van der Waals surface area (Å²) in [5.41, 5.74) is 11.4. The van der Waals surface area contributed by atoms with Crippen molar-refractivity contribution in [2.75, 3.05) is 0 Å². The van der Waals surface area contributed by atoms with Crippen LogP contribution in [0.4, 0.5) is 0 Å². The predicted molar refractivity (Wildman–Crippen MR) is 106 cm³/mol. The van der Waals surface area contributed by atoms with Crippen LogP contribution in [0.3, 0.4) is 0 Å². The summed E-state index contributed by atoms with van der Waals surface area (Å²) in [6.45, 7) is 0. The third-order valence-corrected chi connectivity index (χ3v) is 6.75. The van der Waals surface area contributed by atoms with Gasteiger partial charge in [0.2, 0.25) is 0 Å². The highest BCUT2D eigenvalue weighted by molar-refractivity contribution is 5.84. The molecular weight excluding hydrogens is 300 g/mol. The standard InChI is InChI=1S/C25H28/c1-4-10-22-18(7-1)13-14-21(22)17-20-9-3-6-12-24(20)25-16-15-19-8-2-5-11-23(19)25/h3,6,9,12-14,16,18H,1-2,4-5,7-8,10-11,15,17H2. The molecule has 128 valence electrons. The molecule has 0 N–H and O–H groups in total. The van der Waals surface area contributed by atoms with E-state index in [2.05, 4.69) is 42.5 Å². The summed E-state index contributed by atoms with van der Waals surface area (Å²) in [4.78, 5) is 0. The lowest BCUT2D eigenvalue weighted by molar-refractivity contribution is 0.522. The van der Waals surface area contributed by atoms with E-state index in [1.165, 1.54) is 68.9 Å². The molecule has 1 aromatic carbocycles. The van der Waals surface area contributed by atoms with Crippen LogP contribution in [0.5, 0.6) is 0 Å². The average molecular weight is 328 g/mol. The normalized spacial score (nSPS) is 25.3. The van der Waals surface area contributed by atoms with Crippen molar-refractivity contribution in [1.29, 1.82) is 0 Å². The highest BCUT2D eigenvalue weighted by Gasteiger charge is 2.26. The van der Waals surface area contributed by atoms with E-state index in [0.717, 1.165) is 12.3 Å². The van der Waals surface area contributed by atoms with Crippen LogP contribution in [0.15, 0.2) is 64.8 Å². The predicted octanol–water partition coefficient (Wildman–Crippen LogP) is 6.94. The quantitative estimate of drug-likeness (QED) is 0.563.